The molecule has 1 aromatic carbocycles. The van der Waals surface area contributed by atoms with Gasteiger partial charge in [0.2, 0.25) is 0 Å². The van der Waals surface area contributed by atoms with Gasteiger partial charge in [-0.2, -0.15) is 0 Å². The number of aryl methyl sites for hydroxylation is 1. The van der Waals surface area contributed by atoms with Crippen molar-refractivity contribution in [3.63, 3.8) is 0 Å². The summed E-state index contributed by atoms with van der Waals surface area (Å²) in [5.41, 5.74) is 3.34. The van der Waals surface area contributed by atoms with E-state index in [1.807, 2.05) is 19.2 Å². The van der Waals surface area contributed by atoms with Crippen molar-refractivity contribution >= 4 is 24.5 Å². The largest absolute Gasteiger partial charge is 0.285 e. The van der Waals surface area contributed by atoms with Crippen LogP contribution in [0.2, 0.25) is 5.02 Å². The Bertz CT molecular complexity index is 738. The van der Waals surface area contributed by atoms with Gasteiger partial charge in [-0.05, 0) is 54.8 Å². The second-order valence-electron chi connectivity index (χ2n) is 5.64. The first-order chi connectivity index (χ1) is 11.6. The van der Waals surface area contributed by atoms with Gasteiger partial charge in [0.1, 0.15) is 5.82 Å². The minimum absolute atomic E-state index is 0.327. The van der Waals surface area contributed by atoms with E-state index in [1.54, 1.807) is 24.7 Å². The van der Waals surface area contributed by atoms with Crippen molar-refractivity contribution in [1.29, 1.82) is 0 Å². The molecule has 0 bridgehead atoms. The van der Waals surface area contributed by atoms with Crippen LogP contribution >= 0.6 is 11.6 Å². The van der Waals surface area contributed by atoms with E-state index >= 15 is 0 Å². The number of benzene rings is 1. The molecule has 2 aromatic rings. The lowest BCUT2D eigenvalue weighted by molar-refractivity contribution is 0.766. The maximum absolute atomic E-state index is 6.10. The van der Waals surface area contributed by atoms with Gasteiger partial charge in [0.15, 0.2) is 0 Å². The first-order valence-electron chi connectivity index (χ1n) is 7.76. The number of aromatic nitrogens is 2. The first-order valence-corrected chi connectivity index (χ1v) is 8.14. The molecular weight excluding hydrogens is 320 g/mol. The van der Waals surface area contributed by atoms with Crippen molar-refractivity contribution in [3.8, 4) is 0 Å². The molecule has 1 unspecified atom stereocenters. The van der Waals surface area contributed by atoms with Crippen molar-refractivity contribution in [1.82, 2.24) is 9.97 Å². The van der Waals surface area contributed by atoms with Gasteiger partial charge < -0.3 is 0 Å². The highest BCUT2D eigenvalue weighted by molar-refractivity contribution is 6.31. The zero-order valence-corrected chi connectivity index (χ0v) is 14.7. The van der Waals surface area contributed by atoms with E-state index in [2.05, 4.69) is 45.7 Å². The third-order valence-electron chi connectivity index (χ3n) is 3.66. The fraction of sp³-hybridized carbons (Fsp3) is 0.263. The predicted octanol–water partition coefficient (Wildman–Crippen LogP) is 4.79. The van der Waals surface area contributed by atoms with Crippen molar-refractivity contribution in [2.24, 2.45) is 9.98 Å². The van der Waals surface area contributed by atoms with Gasteiger partial charge in [0.05, 0.1) is 6.54 Å². The van der Waals surface area contributed by atoms with Crippen molar-refractivity contribution in [2.75, 3.05) is 0 Å². The monoisotopic (exact) mass is 340 g/mol. The van der Waals surface area contributed by atoms with Gasteiger partial charge in [0, 0.05) is 29.8 Å². The highest BCUT2D eigenvalue weighted by Crippen LogP contribution is 2.26. The van der Waals surface area contributed by atoms with Gasteiger partial charge in [0.25, 0.3) is 0 Å². The van der Waals surface area contributed by atoms with Crippen LogP contribution in [0.3, 0.4) is 0 Å². The average molecular weight is 341 g/mol. The Kier molecular flexibility index (Phi) is 6.82. The molecule has 2 rings (SSSR count). The Morgan fingerprint density at radius 3 is 2.75 bits per heavy atom. The molecule has 1 heterocycles. The molecule has 0 aliphatic heterocycles. The maximum atomic E-state index is 6.10. The molecule has 124 valence electrons. The Hall–Kier alpha value is -2.33. The van der Waals surface area contributed by atoms with E-state index < -0.39 is 0 Å². The van der Waals surface area contributed by atoms with Crippen LogP contribution in [0, 0.1) is 6.92 Å². The lowest BCUT2D eigenvalue weighted by Gasteiger charge is -2.13. The van der Waals surface area contributed by atoms with Crippen molar-refractivity contribution < 1.29 is 0 Å². The standard InChI is InChI=1S/C19H21ClN4/c1-14(17-5-6-18(20)15(2)10-17)9-16(11-21-3)12-22-13-19-23-7-4-8-24-19/h4-8,10-12,14H,3,9,13H2,1-2H3/b16-11-,22-12-. The van der Waals surface area contributed by atoms with E-state index in [9.17, 15) is 0 Å². The lowest BCUT2D eigenvalue weighted by atomic mass is 9.93. The van der Waals surface area contributed by atoms with Crippen LogP contribution in [0.15, 0.2) is 58.4 Å². The molecule has 0 saturated heterocycles. The highest BCUT2D eigenvalue weighted by Gasteiger charge is 2.09. The predicted molar refractivity (Wildman–Crippen MR) is 101 cm³/mol. The Morgan fingerprint density at radius 1 is 1.33 bits per heavy atom. The van der Waals surface area contributed by atoms with Crippen LogP contribution in [0.1, 0.15) is 36.2 Å². The second kappa shape index (κ2) is 9.08. The van der Waals surface area contributed by atoms with Gasteiger partial charge in [-0.15, -0.1) is 0 Å². The van der Waals surface area contributed by atoms with E-state index in [1.165, 1.54) is 5.56 Å². The molecule has 0 fully saturated rings. The van der Waals surface area contributed by atoms with E-state index in [0.29, 0.717) is 18.3 Å². The Morgan fingerprint density at radius 2 is 2.08 bits per heavy atom. The summed E-state index contributed by atoms with van der Waals surface area (Å²) >= 11 is 6.10. The zero-order chi connectivity index (χ0) is 17.4. The number of hydrogen-bond donors (Lipinski definition) is 0. The number of allylic oxidation sites excluding steroid dienone is 1. The van der Waals surface area contributed by atoms with Gasteiger partial charge >= 0.3 is 0 Å². The third-order valence-corrected chi connectivity index (χ3v) is 4.08. The van der Waals surface area contributed by atoms with Crippen LogP contribution in [-0.4, -0.2) is 22.9 Å². The average Bonchev–Trinajstić information content (AvgIpc) is 2.58. The molecule has 0 spiro atoms. The fourth-order valence-electron chi connectivity index (χ4n) is 2.36. The molecule has 0 aliphatic rings. The van der Waals surface area contributed by atoms with Gasteiger partial charge in [-0.1, -0.05) is 30.7 Å². The topological polar surface area (TPSA) is 50.5 Å². The number of hydrogen-bond acceptors (Lipinski definition) is 4. The smallest absolute Gasteiger partial charge is 0.149 e. The number of aliphatic imine (C=N–C) groups is 2. The van der Waals surface area contributed by atoms with Crippen LogP contribution in [0.4, 0.5) is 0 Å². The quantitative estimate of drug-likeness (QED) is 0.680. The van der Waals surface area contributed by atoms with Crippen LogP contribution in [-0.2, 0) is 6.54 Å². The van der Waals surface area contributed by atoms with Gasteiger partial charge in [-0.25, -0.2) is 9.97 Å². The molecule has 5 heteroatoms. The molecular formula is C19H21ClN4. The normalized spacial score (nSPS) is 13.2. The van der Waals surface area contributed by atoms with E-state index in [4.69, 9.17) is 11.6 Å². The maximum Gasteiger partial charge on any atom is 0.149 e. The molecule has 1 aromatic heterocycles. The van der Waals surface area contributed by atoms with Crippen molar-refractivity contribution in [2.45, 2.75) is 32.7 Å². The fourth-order valence-corrected chi connectivity index (χ4v) is 2.48. The first kappa shape index (κ1) is 18.0. The van der Waals surface area contributed by atoms with Crippen molar-refractivity contribution in [3.05, 3.63) is 70.4 Å². The van der Waals surface area contributed by atoms with Crippen LogP contribution < -0.4 is 0 Å². The molecule has 1 atom stereocenters. The summed E-state index contributed by atoms with van der Waals surface area (Å²) in [6.45, 7) is 8.18. The summed E-state index contributed by atoms with van der Waals surface area (Å²) < 4.78 is 0. The second-order valence-corrected chi connectivity index (χ2v) is 6.04. The van der Waals surface area contributed by atoms with E-state index in [-0.39, 0.29) is 0 Å². The zero-order valence-electron chi connectivity index (χ0n) is 14.0. The summed E-state index contributed by atoms with van der Waals surface area (Å²) in [5.74, 6) is 1.02. The molecule has 0 saturated carbocycles. The summed E-state index contributed by atoms with van der Waals surface area (Å²) in [4.78, 5) is 16.6. The molecule has 4 nitrogen and oxygen atoms in total. The molecule has 0 radical (unpaired) electrons. The molecule has 0 aliphatic carbocycles. The summed E-state index contributed by atoms with van der Waals surface area (Å²) in [5, 5.41) is 0.791. The summed E-state index contributed by atoms with van der Waals surface area (Å²) in [6, 6.07) is 7.92. The SMILES string of the molecule is C=N/C=C(\C=N/Cc1ncccn1)CC(C)c1ccc(Cl)c(C)c1. The third kappa shape index (κ3) is 5.39. The summed E-state index contributed by atoms with van der Waals surface area (Å²) in [7, 11) is 0. The van der Waals surface area contributed by atoms with Gasteiger partial charge in [-0.3, -0.25) is 9.98 Å². The molecule has 0 amide bonds. The minimum atomic E-state index is 0.327. The van der Waals surface area contributed by atoms with Crippen LogP contribution in [0.5, 0.6) is 0 Å². The number of halogens is 1. The minimum Gasteiger partial charge on any atom is -0.285 e. The lowest BCUT2D eigenvalue weighted by Crippen LogP contribution is -1.99. The van der Waals surface area contributed by atoms with Crippen LogP contribution in [0.25, 0.3) is 0 Å². The Balaban J connectivity index is 2.03. The number of nitrogens with zero attached hydrogens (tertiary/aromatic N) is 4. The summed E-state index contributed by atoms with van der Waals surface area (Å²) in [6.07, 6.45) is 7.81. The number of rotatable bonds is 7. The Labute approximate surface area is 148 Å². The molecule has 24 heavy (non-hydrogen) atoms. The van der Waals surface area contributed by atoms with E-state index in [0.717, 1.165) is 22.6 Å². The highest BCUT2D eigenvalue weighted by atomic mass is 35.5. The molecule has 0 N–H and O–H groups in total.